The third-order valence-electron chi connectivity index (χ3n) is 3.78. The number of aromatic hydroxyl groups is 1. The molecule has 114 valence electrons. The molecule has 0 atom stereocenters. The van der Waals surface area contributed by atoms with Crippen LogP contribution in [-0.2, 0) is 16.1 Å². The summed E-state index contributed by atoms with van der Waals surface area (Å²) in [6, 6.07) is 6.98. The second kappa shape index (κ2) is 7.08. The zero-order valence-electron chi connectivity index (χ0n) is 11.8. The predicted octanol–water partition coefficient (Wildman–Crippen LogP) is 0.805. The quantitative estimate of drug-likeness (QED) is 0.747. The molecule has 0 bridgehead atoms. The molecule has 0 radical (unpaired) electrons. The van der Waals surface area contributed by atoms with Crippen LogP contribution >= 0.6 is 0 Å². The summed E-state index contributed by atoms with van der Waals surface area (Å²) in [7, 11) is 0. The van der Waals surface area contributed by atoms with Crippen LogP contribution in [0.15, 0.2) is 24.3 Å². The Morgan fingerprint density at radius 1 is 1.24 bits per heavy atom. The minimum Gasteiger partial charge on any atom is -0.508 e. The second-order valence-corrected chi connectivity index (χ2v) is 5.23. The molecule has 0 unspecified atom stereocenters. The fourth-order valence-electron chi connectivity index (χ4n) is 2.45. The minimum atomic E-state index is -0.778. The van der Waals surface area contributed by atoms with Crippen molar-refractivity contribution >= 4 is 11.9 Å². The summed E-state index contributed by atoms with van der Waals surface area (Å²) < 4.78 is 0. The van der Waals surface area contributed by atoms with Crippen LogP contribution < -0.4 is 5.32 Å². The number of para-hydroxylation sites is 1. The fourth-order valence-corrected chi connectivity index (χ4v) is 2.45. The Morgan fingerprint density at radius 3 is 2.52 bits per heavy atom. The number of amides is 1. The van der Waals surface area contributed by atoms with Crippen LogP contribution in [0.4, 0.5) is 0 Å². The monoisotopic (exact) mass is 292 g/mol. The van der Waals surface area contributed by atoms with Crippen molar-refractivity contribution in [1.29, 1.82) is 0 Å². The van der Waals surface area contributed by atoms with Gasteiger partial charge in [-0.05, 0) is 18.9 Å². The highest BCUT2D eigenvalue weighted by Crippen LogP contribution is 2.17. The van der Waals surface area contributed by atoms with Crippen LogP contribution in [0.25, 0.3) is 0 Å². The van der Waals surface area contributed by atoms with E-state index in [-0.39, 0.29) is 24.1 Å². The highest BCUT2D eigenvalue weighted by atomic mass is 16.4. The van der Waals surface area contributed by atoms with E-state index in [9.17, 15) is 14.7 Å². The van der Waals surface area contributed by atoms with E-state index in [0.717, 1.165) is 5.56 Å². The van der Waals surface area contributed by atoms with E-state index in [1.54, 1.807) is 23.1 Å². The molecule has 6 nitrogen and oxygen atoms in total. The van der Waals surface area contributed by atoms with E-state index in [0.29, 0.717) is 32.5 Å². The van der Waals surface area contributed by atoms with Gasteiger partial charge in [-0.1, -0.05) is 18.2 Å². The molecule has 1 saturated heterocycles. The molecule has 1 aromatic carbocycles. The zero-order chi connectivity index (χ0) is 15.2. The molecule has 0 aliphatic carbocycles. The lowest BCUT2D eigenvalue weighted by Gasteiger charge is -2.30. The van der Waals surface area contributed by atoms with Gasteiger partial charge in [0.1, 0.15) is 5.75 Å². The first-order valence-electron chi connectivity index (χ1n) is 7.06. The number of likely N-dealkylation sites (tertiary alicyclic amines) is 1. The summed E-state index contributed by atoms with van der Waals surface area (Å²) in [5.41, 5.74) is 0.745. The lowest BCUT2D eigenvalue weighted by atomic mass is 9.97. The molecule has 2 rings (SSSR count). The number of carboxylic acid groups (broad SMARTS) is 1. The van der Waals surface area contributed by atoms with Gasteiger partial charge >= 0.3 is 5.97 Å². The maximum Gasteiger partial charge on any atom is 0.306 e. The summed E-state index contributed by atoms with van der Waals surface area (Å²) in [5.74, 6) is -0.933. The van der Waals surface area contributed by atoms with Gasteiger partial charge in [-0.25, -0.2) is 0 Å². The van der Waals surface area contributed by atoms with Gasteiger partial charge in [-0.3, -0.25) is 9.59 Å². The number of hydrogen-bond donors (Lipinski definition) is 3. The SMILES string of the molecule is O=C(O)C1CCN(C(=O)CNCc2ccccc2O)CC1. The molecule has 1 aliphatic rings. The van der Waals surface area contributed by atoms with Gasteiger partial charge in [0.2, 0.25) is 5.91 Å². The maximum absolute atomic E-state index is 12.0. The Bertz CT molecular complexity index is 510. The number of hydrogen-bond acceptors (Lipinski definition) is 4. The molecule has 1 aliphatic heterocycles. The number of piperidine rings is 1. The molecule has 0 aromatic heterocycles. The molecule has 6 heteroatoms. The molecule has 1 aromatic rings. The predicted molar refractivity (Wildman–Crippen MR) is 76.8 cm³/mol. The summed E-state index contributed by atoms with van der Waals surface area (Å²) in [6.45, 7) is 1.60. The average Bonchev–Trinajstić information content (AvgIpc) is 2.49. The second-order valence-electron chi connectivity index (χ2n) is 5.23. The first kappa shape index (κ1) is 15.3. The Balaban J connectivity index is 1.73. The summed E-state index contributed by atoms with van der Waals surface area (Å²) in [4.78, 5) is 24.5. The van der Waals surface area contributed by atoms with Gasteiger partial charge in [-0.2, -0.15) is 0 Å². The van der Waals surface area contributed by atoms with Gasteiger partial charge in [0, 0.05) is 25.2 Å². The molecule has 3 N–H and O–H groups in total. The van der Waals surface area contributed by atoms with Gasteiger partial charge in [0.25, 0.3) is 0 Å². The molecule has 1 heterocycles. The van der Waals surface area contributed by atoms with Crippen LogP contribution in [0.1, 0.15) is 18.4 Å². The number of carbonyl (C=O) groups is 2. The number of aliphatic carboxylic acids is 1. The Labute approximate surface area is 123 Å². The van der Waals surface area contributed by atoms with E-state index in [2.05, 4.69) is 5.32 Å². The zero-order valence-corrected chi connectivity index (χ0v) is 11.8. The topological polar surface area (TPSA) is 89.9 Å². The van der Waals surface area contributed by atoms with Crippen molar-refractivity contribution in [1.82, 2.24) is 10.2 Å². The van der Waals surface area contributed by atoms with Crippen molar-refractivity contribution in [3.63, 3.8) is 0 Å². The van der Waals surface area contributed by atoms with Crippen LogP contribution in [0, 0.1) is 5.92 Å². The van der Waals surface area contributed by atoms with Gasteiger partial charge in [0.15, 0.2) is 0 Å². The van der Waals surface area contributed by atoms with Gasteiger partial charge in [0.05, 0.1) is 12.5 Å². The highest BCUT2D eigenvalue weighted by Gasteiger charge is 2.26. The minimum absolute atomic E-state index is 0.0331. The van der Waals surface area contributed by atoms with E-state index in [1.807, 2.05) is 6.07 Å². The van der Waals surface area contributed by atoms with Gasteiger partial charge < -0.3 is 20.4 Å². The van der Waals surface area contributed by atoms with Crippen molar-refractivity contribution in [3.05, 3.63) is 29.8 Å². The fraction of sp³-hybridized carbons (Fsp3) is 0.467. The van der Waals surface area contributed by atoms with Crippen LogP contribution in [0.3, 0.4) is 0 Å². The first-order chi connectivity index (χ1) is 10.1. The molecule has 1 fully saturated rings. The van der Waals surface area contributed by atoms with Crippen molar-refractivity contribution < 1.29 is 19.8 Å². The van der Waals surface area contributed by atoms with E-state index < -0.39 is 5.97 Å². The number of phenols is 1. The van der Waals surface area contributed by atoms with Crippen molar-refractivity contribution in [3.8, 4) is 5.75 Å². The first-order valence-corrected chi connectivity index (χ1v) is 7.06. The Kier molecular flexibility index (Phi) is 5.16. The molecule has 21 heavy (non-hydrogen) atoms. The lowest BCUT2D eigenvalue weighted by Crippen LogP contribution is -2.43. The summed E-state index contributed by atoms with van der Waals surface area (Å²) in [5, 5.41) is 21.5. The summed E-state index contributed by atoms with van der Waals surface area (Å²) >= 11 is 0. The number of nitrogens with zero attached hydrogens (tertiary/aromatic N) is 1. The molecule has 0 spiro atoms. The standard InChI is InChI=1S/C15H20N2O4/c18-13-4-2-1-3-12(13)9-16-10-14(19)17-7-5-11(6-8-17)15(20)21/h1-4,11,16,18H,5-10H2,(H,20,21). The highest BCUT2D eigenvalue weighted by molar-refractivity contribution is 5.79. The summed E-state index contributed by atoms with van der Waals surface area (Å²) in [6.07, 6.45) is 1.03. The van der Waals surface area contributed by atoms with E-state index >= 15 is 0 Å². The van der Waals surface area contributed by atoms with Gasteiger partial charge in [-0.15, -0.1) is 0 Å². The van der Waals surface area contributed by atoms with E-state index in [4.69, 9.17) is 5.11 Å². The number of phenolic OH excluding ortho intramolecular Hbond substituents is 1. The molecular weight excluding hydrogens is 272 g/mol. The van der Waals surface area contributed by atoms with Crippen LogP contribution in [-0.4, -0.2) is 46.6 Å². The van der Waals surface area contributed by atoms with Crippen molar-refractivity contribution in [2.75, 3.05) is 19.6 Å². The normalized spacial score (nSPS) is 15.9. The Hall–Kier alpha value is -2.08. The molecule has 0 saturated carbocycles. The Morgan fingerprint density at radius 2 is 1.90 bits per heavy atom. The smallest absolute Gasteiger partial charge is 0.306 e. The largest absolute Gasteiger partial charge is 0.508 e. The number of rotatable bonds is 5. The maximum atomic E-state index is 12.0. The number of carboxylic acids is 1. The average molecular weight is 292 g/mol. The lowest BCUT2D eigenvalue weighted by molar-refractivity contribution is -0.145. The number of nitrogens with one attached hydrogen (secondary N) is 1. The van der Waals surface area contributed by atoms with Crippen molar-refractivity contribution in [2.45, 2.75) is 19.4 Å². The third kappa shape index (κ3) is 4.19. The van der Waals surface area contributed by atoms with Crippen LogP contribution in [0.2, 0.25) is 0 Å². The van der Waals surface area contributed by atoms with Crippen molar-refractivity contribution in [2.24, 2.45) is 5.92 Å². The van der Waals surface area contributed by atoms with E-state index in [1.165, 1.54) is 0 Å². The number of benzene rings is 1. The molecule has 1 amide bonds. The third-order valence-corrected chi connectivity index (χ3v) is 3.78. The molecular formula is C15H20N2O4. The van der Waals surface area contributed by atoms with Crippen LogP contribution in [0.5, 0.6) is 5.75 Å². The number of carbonyl (C=O) groups excluding carboxylic acids is 1.